The van der Waals surface area contributed by atoms with Gasteiger partial charge in [0.25, 0.3) is 0 Å². The number of nitrogens with one attached hydrogen (secondary N) is 2. The number of H-pyrrole nitrogens is 1. The lowest BCUT2D eigenvalue weighted by molar-refractivity contribution is -0.115. The molecule has 2 heterocycles. The second-order valence-corrected chi connectivity index (χ2v) is 6.54. The summed E-state index contributed by atoms with van der Waals surface area (Å²) in [5, 5.41) is 2.92. The Morgan fingerprint density at radius 3 is 3.00 bits per heavy atom. The van der Waals surface area contributed by atoms with Gasteiger partial charge in [0.15, 0.2) is 3.95 Å². The molecule has 1 aromatic carbocycles. The van der Waals surface area contributed by atoms with E-state index in [1.807, 2.05) is 25.1 Å². The monoisotopic (exact) mass is 306 g/mol. The molecule has 1 aliphatic rings. The first-order valence-corrected chi connectivity index (χ1v) is 7.52. The van der Waals surface area contributed by atoms with Crippen LogP contribution in [0.1, 0.15) is 21.7 Å². The van der Waals surface area contributed by atoms with Crippen molar-refractivity contribution in [3.63, 3.8) is 0 Å². The number of hydrogen-bond donors (Lipinski definition) is 2. The number of fused-ring (bicyclic) bond motifs is 1. The molecule has 0 saturated heterocycles. The van der Waals surface area contributed by atoms with Gasteiger partial charge in [-0.15, -0.1) is 11.3 Å². The van der Waals surface area contributed by atoms with E-state index in [4.69, 9.17) is 17.0 Å². The van der Waals surface area contributed by atoms with Crippen molar-refractivity contribution in [1.82, 2.24) is 4.98 Å². The number of ether oxygens (including phenoxy) is 1. The summed E-state index contributed by atoms with van der Waals surface area (Å²) in [5.74, 6) is -0.0304. The van der Waals surface area contributed by atoms with Gasteiger partial charge in [-0.05, 0) is 42.4 Å². The number of aromatic nitrogens is 1. The molecule has 0 bridgehead atoms. The third-order valence-corrected chi connectivity index (χ3v) is 4.59. The van der Waals surface area contributed by atoms with Gasteiger partial charge in [0.2, 0.25) is 5.91 Å². The normalized spacial score (nSPS) is 13.2. The van der Waals surface area contributed by atoms with Crippen LogP contribution in [0.25, 0.3) is 0 Å². The van der Waals surface area contributed by atoms with E-state index in [2.05, 4.69) is 10.3 Å². The van der Waals surface area contributed by atoms with Gasteiger partial charge in [-0.3, -0.25) is 4.79 Å². The van der Waals surface area contributed by atoms with Gasteiger partial charge in [-0.2, -0.15) is 0 Å². The molecule has 0 spiro atoms. The lowest BCUT2D eigenvalue weighted by atomic mass is 10.1. The zero-order chi connectivity index (χ0) is 14.1. The molecule has 1 amide bonds. The van der Waals surface area contributed by atoms with Crippen molar-refractivity contribution in [2.75, 3.05) is 5.32 Å². The summed E-state index contributed by atoms with van der Waals surface area (Å²) >= 11 is 6.53. The van der Waals surface area contributed by atoms with Crippen molar-refractivity contribution >= 4 is 35.1 Å². The topological polar surface area (TPSA) is 54.1 Å². The number of anilines is 1. The maximum absolute atomic E-state index is 12.1. The van der Waals surface area contributed by atoms with Crippen LogP contribution < -0.4 is 5.32 Å². The van der Waals surface area contributed by atoms with Crippen LogP contribution in [0.2, 0.25) is 0 Å². The van der Waals surface area contributed by atoms with E-state index in [0.29, 0.717) is 23.6 Å². The van der Waals surface area contributed by atoms with Crippen LogP contribution in [0.3, 0.4) is 0 Å². The predicted octanol–water partition coefficient (Wildman–Crippen LogP) is 3.33. The lowest BCUT2D eigenvalue weighted by Crippen LogP contribution is -2.14. The smallest absolute Gasteiger partial charge is 0.229 e. The lowest BCUT2D eigenvalue weighted by Gasteiger charge is -2.06. The van der Waals surface area contributed by atoms with E-state index < -0.39 is 0 Å². The Labute approximate surface area is 125 Å². The van der Waals surface area contributed by atoms with E-state index >= 15 is 0 Å². The first-order valence-electron chi connectivity index (χ1n) is 6.30. The molecule has 4 nitrogen and oxygen atoms in total. The summed E-state index contributed by atoms with van der Waals surface area (Å²) in [6.45, 7) is 3.22. The van der Waals surface area contributed by atoms with E-state index in [1.54, 1.807) is 0 Å². The van der Waals surface area contributed by atoms with E-state index in [1.165, 1.54) is 16.9 Å². The number of hydrogen-bond acceptors (Lipinski definition) is 4. The van der Waals surface area contributed by atoms with Crippen LogP contribution in [0.4, 0.5) is 5.69 Å². The molecular formula is C14H14N2O2S2. The molecule has 6 heteroatoms. The second-order valence-electron chi connectivity index (χ2n) is 4.76. The van der Waals surface area contributed by atoms with Crippen molar-refractivity contribution in [1.29, 1.82) is 0 Å². The van der Waals surface area contributed by atoms with Crippen LogP contribution >= 0.6 is 23.6 Å². The van der Waals surface area contributed by atoms with Crippen LogP contribution in [-0.2, 0) is 29.2 Å². The molecule has 20 heavy (non-hydrogen) atoms. The summed E-state index contributed by atoms with van der Waals surface area (Å²) in [6, 6.07) is 5.90. The van der Waals surface area contributed by atoms with Crippen LogP contribution in [0.15, 0.2) is 18.2 Å². The molecule has 2 aromatic rings. The highest BCUT2D eigenvalue weighted by Crippen LogP contribution is 2.23. The zero-order valence-corrected chi connectivity index (χ0v) is 12.6. The number of thiazole rings is 1. The molecule has 3 rings (SSSR count). The highest BCUT2D eigenvalue weighted by molar-refractivity contribution is 7.73. The van der Waals surface area contributed by atoms with Crippen LogP contribution in [-0.4, -0.2) is 10.9 Å². The molecule has 0 aliphatic carbocycles. The van der Waals surface area contributed by atoms with Crippen molar-refractivity contribution in [3.05, 3.63) is 43.9 Å². The molecule has 1 aromatic heterocycles. The number of carbonyl (C=O) groups is 1. The van der Waals surface area contributed by atoms with Gasteiger partial charge in [0.1, 0.15) is 0 Å². The van der Waals surface area contributed by atoms with Crippen molar-refractivity contribution in [2.24, 2.45) is 0 Å². The summed E-state index contributed by atoms with van der Waals surface area (Å²) in [6.07, 6.45) is 0.344. The average molecular weight is 306 g/mol. The summed E-state index contributed by atoms with van der Waals surface area (Å²) in [5.41, 5.74) is 4.13. The Bertz CT molecular complexity index is 718. The van der Waals surface area contributed by atoms with Gasteiger partial charge in [0.05, 0.1) is 19.6 Å². The Hall–Kier alpha value is -1.50. The number of carbonyl (C=O) groups excluding carboxylic acids is 1. The van der Waals surface area contributed by atoms with Gasteiger partial charge in [-0.1, -0.05) is 6.07 Å². The number of amides is 1. The fourth-order valence-electron chi connectivity index (χ4n) is 2.21. The molecule has 0 fully saturated rings. The number of rotatable bonds is 3. The number of aryl methyl sites for hydroxylation is 1. The Kier molecular flexibility index (Phi) is 3.69. The molecule has 0 radical (unpaired) electrons. The third-order valence-electron chi connectivity index (χ3n) is 3.25. The van der Waals surface area contributed by atoms with Gasteiger partial charge >= 0.3 is 0 Å². The van der Waals surface area contributed by atoms with Crippen molar-refractivity contribution in [3.8, 4) is 0 Å². The molecular weight excluding hydrogens is 292 g/mol. The first-order chi connectivity index (χ1) is 9.61. The van der Waals surface area contributed by atoms with Gasteiger partial charge in [-0.25, -0.2) is 0 Å². The number of benzene rings is 1. The van der Waals surface area contributed by atoms with Gasteiger partial charge < -0.3 is 15.0 Å². The minimum absolute atomic E-state index is 0.0304. The molecule has 1 aliphatic heterocycles. The quantitative estimate of drug-likeness (QED) is 0.855. The molecule has 0 saturated carbocycles. The Morgan fingerprint density at radius 1 is 1.45 bits per heavy atom. The number of aromatic amines is 1. The van der Waals surface area contributed by atoms with E-state index in [-0.39, 0.29) is 5.91 Å². The minimum Gasteiger partial charge on any atom is -0.372 e. The van der Waals surface area contributed by atoms with E-state index in [0.717, 1.165) is 21.8 Å². The first kappa shape index (κ1) is 13.5. The SMILES string of the molecule is Cc1[nH]c(=S)sc1CC(=O)Nc1ccc2c(c1)COC2. The Balaban J connectivity index is 1.70. The maximum atomic E-state index is 12.1. The van der Waals surface area contributed by atoms with E-state index in [9.17, 15) is 4.79 Å². The Morgan fingerprint density at radius 2 is 2.25 bits per heavy atom. The highest BCUT2D eigenvalue weighted by atomic mass is 32.1. The van der Waals surface area contributed by atoms with Crippen LogP contribution in [0.5, 0.6) is 0 Å². The summed E-state index contributed by atoms with van der Waals surface area (Å²) in [4.78, 5) is 16.1. The van der Waals surface area contributed by atoms with Crippen LogP contribution in [0, 0.1) is 10.9 Å². The minimum atomic E-state index is -0.0304. The third kappa shape index (κ3) is 2.82. The van der Waals surface area contributed by atoms with Crippen molar-refractivity contribution in [2.45, 2.75) is 26.6 Å². The maximum Gasteiger partial charge on any atom is 0.229 e. The molecule has 2 N–H and O–H groups in total. The largest absolute Gasteiger partial charge is 0.372 e. The van der Waals surface area contributed by atoms with Gasteiger partial charge in [0, 0.05) is 16.3 Å². The summed E-state index contributed by atoms with van der Waals surface area (Å²) < 4.78 is 6.07. The molecule has 104 valence electrons. The summed E-state index contributed by atoms with van der Waals surface area (Å²) in [7, 11) is 0. The fourth-order valence-corrected chi connectivity index (χ4v) is 3.50. The molecule has 0 unspecified atom stereocenters. The van der Waals surface area contributed by atoms with Crippen molar-refractivity contribution < 1.29 is 9.53 Å². The molecule has 0 atom stereocenters. The standard InChI is InChI=1S/C14H14N2O2S2/c1-8-12(20-14(19)15-8)5-13(17)16-11-3-2-9-6-18-7-10(9)4-11/h2-4H,5-7H2,1H3,(H,15,19)(H,16,17). The fraction of sp³-hybridized carbons (Fsp3) is 0.286. The predicted molar refractivity (Wildman–Crippen MR) is 81.5 cm³/mol. The average Bonchev–Trinajstić information content (AvgIpc) is 2.96. The highest BCUT2D eigenvalue weighted by Gasteiger charge is 2.13. The second kappa shape index (κ2) is 5.47. The zero-order valence-electron chi connectivity index (χ0n) is 11.0.